The average molecular weight is 460 g/mol. The lowest BCUT2D eigenvalue weighted by Gasteiger charge is -2.18. The summed E-state index contributed by atoms with van der Waals surface area (Å²) >= 11 is 0.291. The Morgan fingerprint density at radius 1 is 1.00 bits per heavy atom. The van der Waals surface area contributed by atoms with Crippen LogP contribution in [0.25, 0.3) is 6.08 Å². The highest BCUT2D eigenvalue weighted by molar-refractivity contribution is 8.17. The van der Waals surface area contributed by atoms with Gasteiger partial charge in [0.2, 0.25) is 0 Å². The van der Waals surface area contributed by atoms with E-state index in [9.17, 15) is 35.9 Å². The van der Waals surface area contributed by atoms with Crippen LogP contribution in [0.1, 0.15) is 22.3 Å². The Labute approximate surface area is 175 Å². The molecular weight excluding hydrogens is 450 g/mol. The van der Waals surface area contributed by atoms with Gasteiger partial charge < -0.3 is 10.5 Å². The fraction of sp³-hybridized carbons (Fsp3) is 0.105. The van der Waals surface area contributed by atoms with Crippen LogP contribution in [0.4, 0.5) is 31.1 Å². The van der Waals surface area contributed by atoms with Crippen molar-refractivity contribution in [3.8, 4) is 17.6 Å². The average Bonchev–Trinajstić information content (AvgIpc) is 2.66. The van der Waals surface area contributed by atoms with Crippen molar-refractivity contribution in [3.05, 3.63) is 63.6 Å². The molecule has 0 radical (unpaired) electrons. The number of thioether (sulfide) groups is 1. The molecule has 2 aromatic rings. The zero-order chi connectivity index (χ0) is 23.4. The van der Waals surface area contributed by atoms with E-state index in [0.29, 0.717) is 23.9 Å². The number of nitriles is 1. The fourth-order valence-electron chi connectivity index (χ4n) is 2.34. The highest BCUT2D eigenvalue weighted by atomic mass is 32.2. The van der Waals surface area contributed by atoms with E-state index in [1.807, 2.05) is 0 Å². The van der Waals surface area contributed by atoms with Crippen molar-refractivity contribution >= 4 is 29.4 Å². The summed E-state index contributed by atoms with van der Waals surface area (Å²) in [5.41, 5.74) is 1.53. The molecule has 162 valence electrons. The monoisotopic (exact) mass is 460 g/mol. The Bertz CT molecular complexity index is 1090. The number of primary amides is 1. The molecule has 0 heterocycles. The van der Waals surface area contributed by atoms with Gasteiger partial charge in [-0.15, -0.1) is 0 Å². The van der Waals surface area contributed by atoms with Gasteiger partial charge in [0.1, 0.15) is 11.5 Å². The van der Waals surface area contributed by atoms with Gasteiger partial charge in [-0.2, -0.15) is 31.6 Å². The van der Waals surface area contributed by atoms with Crippen LogP contribution in [-0.4, -0.2) is 11.5 Å². The largest absolute Gasteiger partial charge is 0.456 e. The molecule has 12 heteroatoms. The Morgan fingerprint density at radius 2 is 1.55 bits per heavy atom. The maximum atomic E-state index is 13.5. The van der Waals surface area contributed by atoms with Gasteiger partial charge in [-0.25, -0.2) is 0 Å². The highest BCUT2D eigenvalue weighted by Crippen LogP contribution is 2.43. The predicted octanol–water partition coefficient (Wildman–Crippen LogP) is 5.74. The Balaban J connectivity index is 2.56. The van der Waals surface area contributed by atoms with Gasteiger partial charge in [0, 0.05) is 0 Å². The summed E-state index contributed by atoms with van der Waals surface area (Å²) in [6, 6.07) is 6.02. The molecule has 0 bridgehead atoms. The number of benzene rings is 2. The summed E-state index contributed by atoms with van der Waals surface area (Å²) in [7, 11) is 0. The topological polar surface area (TPSA) is 93.2 Å². The van der Waals surface area contributed by atoms with E-state index in [1.165, 1.54) is 6.07 Å². The van der Waals surface area contributed by atoms with E-state index >= 15 is 0 Å². The Hall–Kier alpha value is -3.46. The molecule has 2 aromatic carbocycles. The number of hydrogen-bond acceptors (Lipinski definition) is 5. The third-order valence-electron chi connectivity index (χ3n) is 3.59. The lowest BCUT2D eigenvalue weighted by molar-refractivity contribution is -0.139. The zero-order valence-electron chi connectivity index (χ0n) is 15.0. The number of allylic oxidation sites excluding steroid dienone is 1. The smallest absolute Gasteiger partial charge is 0.420 e. The normalized spacial score (nSPS) is 12.2. The van der Waals surface area contributed by atoms with E-state index in [1.54, 1.807) is 0 Å². The number of hydrogen-bond donors (Lipinski definition) is 1. The first-order valence-electron chi connectivity index (χ1n) is 7.99. The van der Waals surface area contributed by atoms with E-state index in [0.717, 1.165) is 30.3 Å². The van der Waals surface area contributed by atoms with E-state index < -0.39 is 40.2 Å². The summed E-state index contributed by atoms with van der Waals surface area (Å²) in [5.74, 6) is -1.87. The van der Waals surface area contributed by atoms with Crippen LogP contribution >= 0.6 is 11.8 Å². The lowest BCUT2D eigenvalue weighted by Crippen LogP contribution is -2.10. The van der Waals surface area contributed by atoms with E-state index in [2.05, 4.69) is 0 Å². The molecule has 0 saturated heterocycles. The standard InChI is InChI=1S/C19H10F6N2O3S/c20-18(21,22)13-6-10(5-12(9-28)31-17(27)29)1-3-15(13)30-16-4-2-11(8-26)7-14(16)19(23,24)25/h1-7,9H,(H2,27,29)/b12-5-. The summed E-state index contributed by atoms with van der Waals surface area (Å²) < 4.78 is 85.2. The zero-order valence-corrected chi connectivity index (χ0v) is 15.9. The molecule has 1 amide bonds. The van der Waals surface area contributed by atoms with Gasteiger partial charge in [0.15, 0.2) is 6.29 Å². The number of nitrogens with zero attached hydrogens (tertiary/aromatic N) is 1. The number of alkyl halides is 6. The second-order valence-corrected chi connectivity index (χ2v) is 6.84. The lowest BCUT2D eigenvalue weighted by atomic mass is 10.1. The number of halogens is 6. The van der Waals surface area contributed by atoms with Crippen LogP contribution in [0.5, 0.6) is 11.5 Å². The molecule has 2 N–H and O–H groups in total. The molecule has 0 unspecified atom stereocenters. The van der Waals surface area contributed by atoms with Crippen LogP contribution in [-0.2, 0) is 17.1 Å². The molecular formula is C19H10F6N2O3S. The summed E-state index contributed by atoms with van der Waals surface area (Å²) in [5, 5.41) is 7.81. The maximum absolute atomic E-state index is 13.5. The molecule has 0 spiro atoms. The second-order valence-electron chi connectivity index (χ2n) is 5.76. The van der Waals surface area contributed by atoms with Crippen molar-refractivity contribution in [2.75, 3.05) is 0 Å². The molecule has 0 fully saturated rings. The van der Waals surface area contributed by atoms with Crippen molar-refractivity contribution in [2.45, 2.75) is 12.4 Å². The minimum atomic E-state index is -5.03. The minimum absolute atomic E-state index is 0.175. The Morgan fingerprint density at radius 3 is 2.03 bits per heavy atom. The van der Waals surface area contributed by atoms with Gasteiger partial charge in [-0.05, 0) is 53.7 Å². The number of carbonyl (C=O) groups excluding carboxylic acids is 2. The van der Waals surface area contributed by atoms with Crippen molar-refractivity contribution in [1.82, 2.24) is 0 Å². The third kappa shape index (κ3) is 6.26. The van der Waals surface area contributed by atoms with Crippen molar-refractivity contribution in [3.63, 3.8) is 0 Å². The molecule has 0 aliphatic heterocycles. The summed E-state index contributed by atoms with van der Waals surface area (Å²) in [4.78, 5) is 21.5. The number of amides is 1. The van der Waals surface area contributed by atoms with Gasteiger partial charge >= 0.3 is 12.4 Å². The molecule has 0 aliphatic rings. The van der Waals surface area contributed by atoms with Crippen molar-refractivity contribution < 1.29 is 40.7 Å². The fourth-order valence-corrected chi connectivity index (χ4v) is 2.82. The second kappa shape index (κ2) is 9.13. The first kappa shape index (κ1) is 23.8. The number of ether oxygens (including phenoxy) is 1. The molecule has 0 aromatic heterocycles. The molecule has 5 nitrogen and oxygen atoms in total. The highest BCUT2D eigenvalue weighted by Gasteiger charge is 2.38. The molecule has 2 rings (SSSR count). The van der Waals surface area contributed by atoms with Gasteiger partial charge in [0.25, 0.3) is 5.24 Å². The first-order valence-corrected chi connectivity index (χ1v) is 8.81. The van der Waals surface area contributed by atoms with E-state index in [-0.39, 0.29) is 22.3 Å². The molecule has 0 saturated carbocycles. The molecule has 0 aliphatic carbocycles. The predicted molar refractivity (Wildman–Crippen MR) is 98.9 cm³/mol. The van der Waals surface area contributed by atoms with Crippen LogP contribution in [0.15, 0.2) is 41.3 Å². The summed E-state index contributed by atoms with van der Waals surface area (Å²) in [6.07, 6.45) is -8.86. The van der Waals surface area contributed by atoms with Crippen molar-refractivity contribution in [2.24, 2.45) is 5.73 Å². The van der Waals surface area contributed by atoms with E-state index in [4.69, 9.17) is 15.7 Å². The van der Waals surface area contributed by atoms with Crippen LogP contribution in [0, 0.1) is 11.3 Å². The third-order valence-corrected chi connectivity index (χ3v) is 4.24. The van der Waals surface area contributed by atoms with Gasteiger partial charge in [-0.3, -0.25) is 9.59 Å². The van der Waals surface area contributed by atoms with Crippen LogP contribution in [0.2, 0.25) is 0 Å². The minimum Gasteiger partial charge on any atom is -0.456 e. The molecule has 31 heavy (non-hydrogen) atoms. The van der Waals surface area contributed by atoms with Crippen LogP contribution < -0.4 is 10.5 Å². The van der Waals surface area contributed by atoms with Gasteiger partial charge in [0.05, 0.1) is 27.7 Å². The SMILES string of the molecule is N#Cc1ccc(Oc2ccc(/C=C(/C=O)SC(N)=O)cc2C(F)(F)F)c(C(F)(F)F)c1. The first-order chi connectivity index (χ1) is 14.3. The number of aldehydes is 1. The quantitative estimate of drug-likeness (QED) is 0.349. The maximum Gasteiger partial charge on any atom is 0.420 e. The molecule has 0 atom stereocenters. The van der Waals surface area contributed by atoms with Crippen LogP contribution in [0.3, 0.4) is 0 Å². The Kier molecular flexibility index (Phi) is 7.02. The number of nitrogens with two attached hydrogens (primary N) is 1. The number of rotatable bonds is 5. The van der Waals surface area contributed by atoms with Gasteiger partial charge in [-0.1, -0.05) is 6.07 Å². The van der Waals surface area contributed by atoms with Crippen molar-refractivity contribution in [1.29, 1.82) is 5.26 Å². The summed E-state index contributed by atoms with van der Waals surface area (Å²) in [6.45, 7) is 0. The number of carbonyl (C=O) groups is 2.